The van der Waals surface area contributed by atoms with Gasteiger partial charge in [-0.3, -0.25) is 0 Å². The van der Waals surface area contributed by atoms with Crippen molar-refractivity contribution >= 4 is 45.8 Å². The number of hydrogen-bond donors (Lipinski definition) is 1. The van der Waals surface area contributed by atoms with Crippen LogP contribution >= 0.6 is 45.8 Å². The topological polar surface area (TPSA) is 12.0 Å². The summed E-state index contributed by atoms with van der Waals surface area (Å²) in [6.07, 6.45) is 0. The Morgan fingerprint density at radius 3 is 2.35 bits per heavy atom. The summed E-state index contributed by atoms with van der Waals surface area (Å²) in [6.45, 7) is 4.11. The highest BCUT2D eigenvalue weighted by Gasteiger charge is 2.18. The van der Waals surface area contributed by atoms with Crippen LogP contribution in [0.1, 0.15) is 28.3 Å². The molecule has 2 aromatic carbocycles. The second-order valence-electron chi connectivity index (χ2n) is 4.85. The van der Waals surface area contributed by atoms with Gasteiger partial charge in [-0.25, -0.2) is 0 Å². The zero-order valence-corrected chi connectivity index (χ0v) is 15.3. The van der Waals surface area contributed by atoms with Gasteiger partial charge in [0.25, 0.3) is 0 Å². The third-order valence-electron chi connectivity index (χ3n) is 3.42. The maximum absolute atomic E-state index is 6.19. The Bertz CT molecular complexity index is 641. The summed E-state index contributed by atoms with van der Waals surface area (Å²) in [6, 6.07) is 10.3. The zero-order chi connectivity index (χ0) is 14.9. The Kier molecular flexibility index (Phi) is 5.35. The van der Waals surface area contributed by atoms with Gasteiger partial charge in [-0.15, -0.1) is 0 Å². The molecule has 1 N–H and O–H groups in total. The van der Waals surface area contributed by atoms with E-state index in [4.69, 9.17) is 23.2 Å². The molecule has 0 aliphatic rings. The lowest BCUT2D eigenvalue weighted by molar-refractivity contribution is 0.684. The van der Waals surface area contributed by atoms with Crippen LogP contribution in [-0.4, -0.2) is 7.05 Å². The highest BCUT2D eigenvalue weighted by Crippen LogP contribution is 2.32. The molecule has 20 heavy (non-hydrogen) atoms. The van der Waals surface area contributed by atoms with E-state index in [1.54, 1.807) is 0 Å². The predicted molar refractivity (Wildman–Crippen MR) is 96.0 cm³/mol. The first-order valence-corrected chi connectivity index (χ1v) is 8.16. The Balaban J connectivity index is 2.58. The summed E-state index contributed by atoms with van der Waals surface area (Å²) in [5, 5.41) is 4.94. The van der Waals surface area contributed by atoms with Crippen molar-refractivity contribution in [1.82, 2.24) is 5.32 Å². The molecule has 0 heterocycles. The van der Waals surface area contributed by atoms with Crippen LogP contribution in [0, 0.1) is 17.4 Å². The van der Waals surface area contributed by atoms with Crippen LogP contribution in [0.25, 0.3) is 0 Å². The molecule has 0 saturated heterocycles. The lowest BCUT2D eigenvalue weighted by Gasteiger charge is -2.22. The highest BCUT2D eigenvalue weighted by molar-refractivity contribution is 14.1. The number of hydrogen-bond acceptors (Lipinski definition) is 1. The quantitative estimate of drug-likeness (QED) is 0.645. The van der Waals surface area contributed by atoms with Gasteiger partial charge in [-0.2, -0.15) is 0 Å². The number of nitrogens with one attached hydrogen (secondary N) is 1. The first-order chi connectivity index (χ1) is 9.43. The fourth-order valence-corrected chi connectivity index (χ4v) is 3.37. The minimum Gasteiger partial charge on any atom is -0.309 e. The van der Waals surface area contributed by atoms with Gasteiger partial charge in [0, 0.05) is 13.6 Å². The predicted octanol–water partition coefficient (Wildman–Crippen LogP) is 5.52. The Hall–Kier alpha value is -0.290. The molecule has 2 aromatic rings. The summed E-state index contributed by atoms with van der Waals surface area (Å²) in [5.74, 6) is 0. The molecule has 0 bridgehead atoms. The molecular formula is C16H16Cl2IN. The lowest BCUT2D eigenvalue weighted by atomic mass is 9.93. The van der Waals surface area contributed by atoms with Crippen LogP contribution in [0.15, 0.2) is 30.3 Å². The van der Waals surface area contributed by atoms with Crippen molar-refractivity contribution in [3.63, 3.8) is 0 Å². The maximum Gasteiger partial charge on any atom is 0.0587 e. The number of aryl methyl sites for hydroxylation is 2. The second-order valence-corrected chi connectivity index (χ2v) is 6.85. The van der Waals surface area contributed by atoms with Crippen molar-refractivity contribution in [3.05, 3.63) is 66.2 Å². The van der Waals surface area contributed by atoms with Crippen LogP contribution < -0.4 is 5.32 Å². The molecule has 0 aliphatic carbocycles. The van der Waals surface area contributed by atoms with E-state index in [0.717, 1.165) is 15.6 Å². The standard InChI is InChI=1S/C16H16Cl2IN/c1-9-7-14(18)10(2)6-12(9)16(20-3)13-8-11(17)4-5-15(13)19/h4-8,16,20H,1-3H3. The van der Waals surface area contributed by atoms with E-state index in [1.165, 1.54) is 20.3 Å². The molecule has 0 fully saturated rings. The summed E-state index contributed by atoms with van der Waals surface area (Å²) in [4.78, 5) is 0. The number of rotatable bonds is 3. The van der Waals surface area contributed by atoms with Crippen molar-refractivity contribution in [2.75, 3.05) is 7.05 Å². The SMILES string of the molecule is CNC(c1cc(C)c(Cl)cc1C)c1cc(Cl)ccc1I. The molecular weight excluding hydrogens is 404 g/mol. The average molecular weight is 420 g/mol. The minimum absolute atomic E-state index is 0.108. The number of halogens is 3. The van der Waals surface area contributed by atoms with Crippen LogP contribution in [0.3, 0.4) is 0 Å². The van der Waals surface area contributed by atoms with Crippen molar-refractivity contribution in [2.24, 2.45) is 0 Å². The molecule has 0 aliphatic heterocycles. The van der Waals surface area contributed by atoms with Crippen molar-refractivity contribution in [2.45, 2.75) is 19.9 Å². The molecule has 1 atom stereocenters. The lowest BCUT2D eigenvalue weighted by Crippen LogP contribution is -2.20. The van der Waals surface area contributed by atoms with E-state index in [-0.39, 0.29) is 6.04 Å². The third-order valence-corrected chi connectivity index (χ3v) is 5.04. The third kappa shape index (κ3) is 3.30. The Morgan fingerprint density at radius 1 is 1.00 bits per heavy atom. The monoisotopic (exact) mass is 419 g/mol. The van der Waals surface area contributed by atoms with Crippen molar-refractivity contribution in [1.29, 1.82) is 0 Å². The van der Waals surface area contributed by atoms with Crippen LogP contribution in [0.5, 0.6) is 0 Å². The highest BCUT2D eigenvalue weighted by atomic mass is 127. The van der Waals surface area contributed by atoms with Crippen LogP contribution in [0.4, 0.5) is 0 Å². The van der Waals surface area contributed by atoms with E-state index in [1.807, 2.05) is 38.2 Å². The maximum atomic E-state index is 6.19. The van der Waals surface area contributed by atoms with Gasteiger partial charge >= 0.3 is 0 Å². The van der Waals surface area contributed by atoms with Gasteiger partial charge < -0.3 is 5.32 Å². The molecule has 0 amide bonds. The first kappa shape index (κ1) is 16.1. The van der Waals surface area contributed by atoms with Gasteiger partial charge in [0.2, 0.25) is 0 Å². The fourth-order valence-electron chi connectivity index (χ4n) is 2.33. The van der Waals surface area contributed by atoms with E-state index >= 15 is 0 Å². The van der Waals surface area contributed by atoms with Gasteiger partial charge in [-0.1, -0.05) is 29.3 Å². The Morgan fingerprint density at radius 2 is 1.70 bits per heavy atom. The molecule has 4 heteroatoms. The molecule has 1 unspecified atom stereocenters. The fraction of sp³-hybridized carbons (Fsp3) is 0.250. The summed E-state index contributed by atoms with van der Waals surface area (Å²) in [5.41, 5.74) is 4.68. The van der Waals surface area contributed by atoms with Crippen LogP contribution in [-0.2, 0) is 0 Å². The first-order valence-electron chi connectivity index (χ1n) is 6.33. The number of benzene rings is 2. The zero-order valence-electron chi connectivity index (χ0n) is 11.6. The largest absolute Gasteiger partial charge is 0.309 e. The van der Waals surface area contributed by atoms with E-state index < -0.39 is 0 Å². The second kappa shape index (κ2) is 6.65. The summed E-state index contributed by atoms with van der Waals surface area (Å²) in [7, 11) is 1.96. The van der Waals surface area contributed by atoms with Gasteiger partial charge in [0.1, 0.15) is 0 Å². The van der Waals surface area contributed by atoms with E-state index in [0.29, 0.717) is 0 Å². The molecule has 2 rings (SSSR count). The molecule has 0 aromatic heterocycles. The van der Waals surface area contributed by atoms with Crippen LogP contribution in [0.2, 0.25) is 10.0 Å². The smallest absolute Gasteiger partial charge is 0.0587 e. The van der Waals surface area contributed by atoms with Crippen molar-refractivity contribution < 1.29 is 0 Å². The normalized spacial score (nSPS) is 12.5. The van der Waals surface area contributed by atoms with Gasteiger partial charge in [-0.05, 0) is 90.0 Å². The molecule has 0 spiro atoms. The summed E-state index contributed by atoms with van der Waals surface area (Å²) >= 11 is 14.7. The molecule has 0 radical (unpaired) electrons. The Labute approximate surface area is 143 Å². The van der Waals surface area contributed by atoms with Gasteiger partial charge in [0.05, 0.1) is 6.04 Å². The van der Waals surface area contributed by atoms with Crippen molar-refractivity contribution in [3.8, 4) is 0 Å². The summed E-state index contributed by atoms with van der Waals surface area (Å²) < 4.78 is 1.19. The van der Waals surface area contributed by atoms with Gasteiger partial charge in [0.15, 0.2) is 0 Å². The molecule has 106 valence electrons. The van der Waals surface area contributed by atoms with E-state index in [9.17, 15) is 0 Å². The van der Waals surface area contributed by atoms with E-state index in [2.05, 4.69) is 40.9 Å². The minimum atomic E-state index is 0.108. The molecule has 1 nitrogen and oxygen atoms in total. The molecule has 0 saturated carbocycles. The average Bonchev–Trinajstić information content (AvgIpc) is 2.40.